The molecular weight excluding hydrogens is 242 g/mol. The Morgan fingerprint density at radius 3 is 2.68 bits per heavy atom. The van der Waals surface area contributed by atoms with Crippen molar-refractivity contribution < 1.29 is 4.79 Å². The summed E-state index contributed by atoms with van der Waals surface area (Å²) < 4.78 is 0. The third kappa shape index (κ3) is 3.15. The lowest BCUT2D eigenvalue weighted by Gasteiger charge is -2.18. The SMILES string of the molecule is CCN(Cc1cccc(C)n1)C(=O)c1n[nH]c(C)n1. The van der Waals surface area contributed by atoms with Crippen LogP contribution in [0, 0.1) is 13.8 Å². The molecule has 0 saturated carbocycles. The van der Waals surface area contributed by atoms with Crippen LogP contribution in [-0.2, 0) is 6.54 Å². The van der Waals surface area contributed by atoms with Crippen molar-refractivity contribution in [1.82, 2.24) is 25.1 Å². The van der Waals surface area contributed by atoms with Crippen LogP contribution in [0.2, 0.25) is 0 Å². The van der Waals surface area contributed by atoms with Crippen LogP contribution in [-0.4, -0.2) is 37.5 Å². The fourth-order valence-electron chi connectivity index (χ4n) is 1.79. The highest BCUT2D eigenvalue weighted by Crippen LogP contribution is 2.06. The minimum Gasteiger partial charge on any atom is -0.330 e. The lowest BCUT2D eigenvalue weighted by atomic mass is 10.3. The Kier molecular flexibility index (Phi) is 3.89. The van der Waals surface area contributed by atoms with Crippen LogP contribution < -0.4 is 0 Å². The number of hydrogen-bond donors (Lipinski definition) is 1. The van der Waals surface area contributed by atoms with Crippen molar-refractivity contribution >= 4 is 5.91 Å². The first kappa shape index (κ1) is 13.2. The molecule has 2 aromatic rings. The molecule has 0 aliphatic carbocycles. The van der Waals surface area contributed by atoms with Gasteiger partial charge in [-0.25, -0.2) is 4.98 Å². The molecule has 2 heterocycles. The van der Waals surface area contributed by atoms with Crippen molar-refractivity contribution in [3.8, 4) is 0 Å². The zero-order valence-electron chi connectivity index (χ0n) is 11.3. The van der Waals surface area contributed by atoms with E-state index >= 15 is 0 Å². The average Bonchev–Trinajstić information content (AvgIpc) is 2.82. The summed E-state index contributed by atoms with van der Waals surface area (Å²) in [6, 6.07) is 5.78. The molecule has 1 amide bonds. The number of aromatic amines is 1. The summed E-state index contributed by atoms with van der Waals surface area (Å²) in [6.07, 6.45) is 0. The molecule has 19 heavy (non-hydrogen) atoms. The number of carbonyl (C=O) groups excluding carboxylic acids is 1. The first-order valence-electron chi connectivity index (χ1n) is 6.21. The maximum Gasteiger partial charge on any atom is 0.293 e. The van der Waals surface area contributed by atoms with Gasteiger partial charge in [-0.1, -0.05) is 6.07 Å². The Hall–Kier alpha value is -2.24. The Morgan fingerprint density at radius 2 is 2.11 bits per heavy atom. The zero-order chi connectivity index (χ0) is 13.8. The molecule has 6 heteroatoms. The highest BCUT2D eigenvalue weighted by atomic mass is 16.2. The van der Waals surface area contributed by atoms with Gasteiger partial charge in [0, 0.05) is 12.2 Å². The topological polar surface area (TPSA) is 74.8 Å². The summed E-state index contributed by atoms with van der Waals surface area (Å²) >= 11 is 0. The predicted molar refractivity (Wildman–Crippen MR) is 70.5 cm³/mol. The van der Waals surface area contributed by atoms with E-state index in [2.05, 4.69) is 20.2 Å². The number of aromatic nitrogens is 4. The molecule has 0 bridgehead atoms. The molecule has 0 saturated heterocycles. The molecule has 0 unspecified atom stereocenters. The monoisotopic (exact) mass is 259 g/mol. The van der Waals surface area contributed by atoms with Crippen LogP contribution >= 0.6 is 0 Å². The number of hydrogen-bond acceptors (Lipinski definition) is 4. The summed E-state index contributed by atoms with van der Waals surface area (Å²) in [5, 5.41) is 6.57. The number of amides is 1. The molecule has 0 atom stereocenters. The average molecular weight is 259 g/mol. The molecule has 0 spiro atoms. The van der Waals surface area contributed by atoms with Gasteiger partial charge in [0.05, 0.1) is 12.2 Å². The Bertz CT molecular complexity index is 578. The van der Waals surface area contributed by atoms with Crippen LogP contribution in [0.4, 0.5) is 0 Å². The third-order valence-corrected chi connectivity index (χ3v) is 2.76. The van der Waals surface area contributed by atoms with Gasteiger partial charge in [-0.05, 0) is 32.9 Å². The molecular formula is C13H17N5O. The first-order chi connectivity index (χ1) is 9.10. The van der Waals surface area contributed by atoms with Gasteiger partial charge in [-0.15, -0.1) is 5.10 Å². The van der Waals surface area contributed by atoms with E-state index in [9.17, 15) is 4.79 Å². The predicted octanol–water partition coefficient (Wildman–Crippen LogP) is 1.48. The zero-order valence-corrected chi connectivity index (χ0v) is 11.3. The number of rotatable bonds is 4. The van der Waals surface area contributed by atoms with E-state index in [0.29, 0.717) is 18.9 Å². The van der Waals surface area contributed by atoms with Gasteiger partial charge in [-0.2, -0.15) is 0 Å². The van der Waals surface area contributed by atoms with Gasteiger partial charge in [0.15, 0.2) is 0 Å². The Labute approximate surface area is 111 Å². The fraction of sp³-hybridized carbons (Fsp3) is 0.385. The molecule has 2 aromatic heterocycles. The highest BCUT2D eigenvalue weighted by Gasteiger charge is 2.19. The summed E-state index contributed by atoms with van der Waals surface area (Å²) in [7, 11) is 0. The second-order valence-corrected chi connectivity index (χ2v) is 4.33. The summed E-state index contributed by atoms with van der Waals surface area (Å²) in [4.78, 5) is 22.4. The third-order valence-electron chi connectivity index (χ3n) is 2.76. The van der Waals surface area contributed by atoms with E-state index in [-0.39, 0.29) is 11.7 Å². The quantitative estimate of drug-likeness (QED) is 0.902. The van der Waals surface area contributed by atoms with Crippen molar-refractivity contribution in [2.24, 2.45) is 0 Å². The smallest absolute Gasteiger partial charge is 0.293 e. The molecule has 0 aromatic carbocycles. The van der Waals surface area contributed by atoms with E-state index in [1.165, 1.54) is 0 Å². The van der Waals surface area contributed by atoms with Crippen molar-refractivity contribution in [2.45, 2.75) is 27.3 Å². The molecule has 0 aliphatic rings. The number of aryl methyl sites for hydroxylation is 2. The van der Waals surface area contributed by atoms with E-state index in [4.69, 9.17) is 0 Å². The number of H-pyrrole nitrogens is 1. The van der Waals surface area contributed by atoms with E-state index in [0.717, 1.165) is 11.4 Å². The van der Waals surface area contributed by atoms with Gasteiger partial charge < -0.3 is 4.90 Å². The van der Waals surface area contributed by atoms with Gasteiger partial charge >= 0.3 is 0 Å². The molecule has 6 nitrogen and oxygen atoms in total. The van der Waals surface area contributed by atoms with E-state index < -0.39 is 0 Å². The lowest BCUT2D eigenvalue weighted by Crippen LogP contribution is -2.31. The number of pyridine rings is 1. The summed E-state index contributed by atoms with van der Waals surface area (Å²) in [6.45, 7) is 6.67. The van der Waals surface area contributed by atoms with Gasteiger partial charge in [0.2, 0.25) is 5.82 Å². The molecule has 100 valence electrons. The fourth-order valence-corrected chi connectivity index (χ4v) is 1.79. The van der Waals surface area contributed by atoms with Crippen molar-refractivity contribution in [1.29, 1.82) is 0 Å². The minimum atomic E-state index is -0.185. The lowest BCUT2D eigenvalue weighted by molar-refractivity contribution is 0.0738. The van der Waals surface area contributed by atoms with Crippen LogP contribution in [0.15, 0.2) is 18.2 Å². The molecule has 0 fully saturated rings. The van der Waals surface area contributed by atoms with Crippen molar-refractivity contribution in [3.05, 3.63) is 41.2 Å². The highest BCUT2D eigenvalue weighted by molar-refractivity contribution is 5.90. The second kappa shape index (κ2) is 5.60. The van der Waals surface area contributed by atoms with E-state index in [1.807, 2.05) is 32.0 Å². The minimum absolute atomic E-state index is 0.185. The van der Waals surface area contributed by atoms with Crippen molar-refractivity contribution in [3.63, 3.8) is 0 Å². The van der Waals surface area contributed by atoms with E-state index in [1.54, 1.807) is 11.8 Å². The summed E-state index contributed by atoms with van der Waals surface area (Å²) in [5.74, 6) is 0.648. The van der Waals surface area contributed by atoms with Gasteiger partial charge in [0.25, 0.3) is 5.91 Å². The maximum atomic E-state index is 12.2. The van der Waals surface area contributed by atoms with Crippen LogP contribution in [0.1, 0.15) is 34.8 Å². The van der Waals surface area contributed by atoms with Gasteiger partial charge in [-0.3, -0.25) is 14.9 Å². The number of nitrogens with one attached hydrogen (secondary N) is 1. The molecule has 0 radical (unpaired) electrons. The standard InChI is InChI=1S/C13H17N5O/c1-4-18(8-11-7-5-6-9(2)14-11)13(19)12-15-10(3)16-17-12/h5-7H,4,8H2,1-3H3,(H,15,16,17). The van der Waals surface area contributed by atoms with Crippen LogP contribution in [0.25, 0.3) is 0 Å². The second-order valence-electron chi connectivity index (χ2n) is 4.33. The molecule has 1 N–H and O–H groups in total. The maximum absolute atomic E-state index is 12.2. The number of carbonyl (C=O) groups is 1. The van der Waals surface area contributed by atoms with Crippen LogP contribution in [0.5, 0.6) is 0 Å². The van der Waals surface area contributed by atoms with Crippen molar-refractivity contribution in [2.75, 3.05) is 6.54 Å². The van der Waals surface area contributed by atoms with Gasteiger partial charge in [0.1, 0.15) is 5.82 Å². The Morgan fingerprint density at radius 1 is 1.32 bits per heavy atom. The molecule has 2 rings (SSSR count). The normalized spacial score (nSPS) is 10.5. The van der Waals surface area contributed by atoms with Crippen LogP contribution in [0.3, 0.4) is 0 Å². The molecule has 0 aliphatic heterocycles. The first-order valence-corrected chi connectivity index (χ1v) is 6.21. The Balaban J connectivity index is 2.14. The number of nitrogens with zero attached hydrogens (tertiary/aromatic N) is 4. The largest absolute Gasteiger partial charge is 0.330 e. The summed E-state index contributed by atoms with van der Waals surface area (Å²) in [5.41, 5.74) is 1.80.